The molecule has 0 spiro atoms. The number of hydrogen-bond donors (Lipinski definition) is 3. The van der Waals surface area contributed by atoms with Gasteiger partial charge in [0, 0.05) is 5.69 Å². The first kappa shape index (κ1) is 11.6. The molecule has 0 heterocycles. The number of oxime groups is 1. The van der Waals surface area contributed by atoms with E-state index in [4.69, 9.17) is 22.5 Å². The molecule has 4 nitrogen and oxygen atoms in total. The molecule has 1 rings (SSSR count). The average molecular weight is 232 g/mol. The molecule has 1 atom stereocenters. The molecule has 82 valence electrons. The third-order valence-electron chi connectivity index (χ3n) is 1.86. The van der Waals surface area contributed by atoms with Crippen molar-refractivity contribution in [1.82, 2.24) is 0 Å². The second-order valence-electron chi connectivity index (χ2n) is 3.02. The van der Waals surface area contributed by atoms with E-state index in [1.807, 2.05) is 0 Å². The van der Waals surface area contributed by atoms with Gasteiger partial charge < -0.3 is 16.3 Å². The Morgan fingerprint density at radius 3 is 2.87 bits per heavy atom. The minimum Gasteiger partial charge on any atom is -0.409 e. The third-order valence-corrected chi connectivity index (χ3v) is 2.17. The molecule has 0 bridgehead atoms. The van der Waals surface area contributed by atoms with E-state index in [0.29, 0.717) is 5.69 Å². The molecule has 0 aliphatic heterocycles. The first-order valence-corrected chi connectivity index (χ1v) is 4.61. The number of nitrogens with two attached hydrogens (primary N) is 1. The zero-order valence-corrected chi connectivity index (χ0v) is 8.79. The largest absolute Gasteiger partial charge is 0.409 e. The van der Waals surface area contributed by atoms with Gasteiger partial charge in [0.15, 0.2) is 5.84 Å². The molecular weight excluding hydrogens is 221 g/mol. The number of nitrogens with one attached hydrogen (secondary N) is 1. The van der Waals surface area contributed by atoms with Gasteiger partial charge in [0.25, 0.3) is 0 Å². The van der Waals surface area contributed by atoms with Crippen molar-refractivity contribution < 1.29 is 9.60 Å². The molecule has 1 aromatic carbocycles. The summed E-state index contributed by atoms with van der Waals surface area (Å²) in [5.74, 6) is -0.501. The van der Waals surface area contributed by atoms with Gasteiger partial charge >= 0.3 is 0 Å². The number of rotatable bonds is 3. The Balaban J connectivity index is 2.77. The van der Waals surface area contributed by atoms with E-state index in [2.05, 4.69) is 10.5 Å². The van der Waals surface area contributed by atoms with Crippen LogP contribution in [0.2, 0.25) is 5.02 Å². The van der Waals surface area contributed by atoms with Crippen LogP contribution in [0, 0.1) is 5.82 Å². The molecule has 0 aliphatic carbocycles. The van der Waals surface area contributed by atoms with Gasteiger partial charge in [-0.05, 0) is 25.1 Å². The quantitative estimate of drug-likeness (QED) is 0.323. The van der Waals surface area contributed by atoms with Gasteiger partial charge in [0.1, 0.15) is 5.82 Å². The van der Waals surface area contributed by atoms with Crippen LogP contribution in [-0.4, -0.2) is 17.1 Å². The molecule has 0 aliphatic rings. The van der Waals surface area contributed by atoms with Crippen LogP contribution in [0.25, 0.3) is 0 Å². The number of amidine groups is 1. The Morgan fingerprint density at radius 2 is 2.33 bits per heavy atom. The highest BCUT2D eigenvalue weighted by molar-refractivity contribution is 6.30. The molecule has 0 saturated heterocycles. The number of anilines is 1. The number of hydrogen-bond acceptors (Lipinski definition) is 3. The summed E-state index contributed by atoms with van der Waals surface area (Å²) >= 11 is 5.52. The molecule has 15 heavy (non-hydrogen) atoms. The monoisotopic (exact) mass is 231 g/mol. The zero-order valence-electron chi connectivity index (χ0n) is 8.04. The first-order valence-electron chi connectivity index (χ1n) is 4.23. The van der Waals surface area contributed by atoms with Gasteiger partial charge in [-0.15, -0.1) is 0 Å². The maximum Gasteiger partial charge on any atom is 0.161 e. The van der Waals surface area contributed by atoms with Crippen LogP contribution in [0.3, 0.4) is 0 Å². The van der Waals surface area contributed by atoms with E-state index in [1.54, 1.807) is 13.0 Å². The van der Waals surface area contributed by atoms with Crippen LogP contribution in [0.5, 0.6) is 0 Å². The highest BCUT2D eigenvalue weighted by Gasteiger charge is 2.08. The SMILES string of the molecule is CC(Nc1ccc(Cl)c(F)c1)C(N)=NO. The second-order valence-corrected chi connectivity index (χ2v) is 3.43. The Morgan fingerprint density at radius 1 is 1.67 bits per heavy atom. The lowest BCUT2D eigenvalue weighted by molar-refractivity contribution is 0.316. The summed E-state index contributed by atoms with van der Waals surface area (Å²) in [7, 11) is 0. The Labute approximate surface area is 91.5 Å². The molecule has 6 heteroatoms. The van der Waals surface area contributed by atoms with Crippen LogP contribution in [0.4, 0.5) is 10.1 Å². The average Bonchev–Trinajstić information content (AvgIpc) is 2.22. The molecule has 0 aromatic heterocycles. The molecule has 1 aromatic rings. The summed E-state index contributed by atoms with van der Waals surface area (Å²) < 4.78 is 13.0. The van der Waals surface area contributed by atoms with E-state index in [1.165, 1.54) is 12.1 Å². The number of benzene rings is 1. The Hall–Kier alpha value is -1.49. The minimum absolute atomic E-state index is 0.0189. The summed E-state index contributed by atoms with van der Waals surface area (Å²) in [6, 6.07) is 3.88. The predicted molar refractivity (Wildman–Crippen MR) is 57.9 cm³/mol. The fourth-order valence-corrected chi connectivity index (χ4v) is 1.11. The van der Waals surface area contributed by atoms with Crippen molar-refractivity contribution in [2.75, 3.05) is 5.32 Å². The summed E-state index contributed by atoms with van der Waals surface area (Å²) in [6.07, 6.45) is 0. The van der Waals surface area contributed by atoms with Crippen molar-refractivity contribution in [3.05, 3.63) is 29.0 Å². The van der Waals surface area contributed by atoms with E-state index >= 15 is 0 Å². The maximum absolute atomic E-state index is 13.0. The predicted octanol–water partition coefficient (Wildman–Crippen LogP) is 2.03. The van der Waals surface area contributed by atoms with Crippen LogP contribution in [-0.2, 0) is 0 Å². The van der Waals surface area contributed by atoms with Crippen molar-refractivity contribution in [3.63, 3.8) is 0 Å². The van der Waals surface area contributed by atoms with Crippen LogP contribution >= 0.6 is 11.6 Å². The van der Waals surface area contributed by atoms with E-state index in [0.717, 1.165) is 0 Å². The van der Waals surface area contributed by atoms with Gasteiger partial charge in [0.05, 0.1) is 11.1 Å². The summed E-state index contributed by atoms with van der Waals surface area (Å²) in [4.78, 5) is 0. The van der Waals surface area contributed by atoms with Crippen molar-refractivity contribution in [2.24, 2.45) is 10.9 Å². The summed E-state index contributed by atoms with van der Waals surface area (Å²) in [5.41, 5.74) is 5.86. The smallest absolute Gasteiger partial charge is 0.161 e. The highest BCUT2D eigenvalue weighted by atomic mass is 35.5. The van der Waals surface area contributed by atoms with Gasteiger partial charge in [-0.1, -0.05) is 16.8 Å². The molecule has 0 radical (unpaired) electrons. The van der Waals surface area contributed by atoms with E-state index < -0.39 is 11.9 Å². The van der Waals surface area contributed by atoms with Gasteiger partial charge in [-0.2, -0.15) is 0 Å². The lowest BCUT2D eigenvalue weighted by atomic mass is 10.2. The van der Waals surface area contributed by atoms with Gasteiger partial charge in [0.2, 0.25) is 0 Å². The molecule has 0 fully saturated rings. The first-order chi connectivity index (χ1) is 7.04. The fraction of sp³-hybridized carbons (Fsp3) is 0.222. The molecule has 0 amide bonds. The highest BCUT2D eigenvalue weighted by Crippen LogP contribution is 2.19. The lowest BCUT2D eigenvalue weighted by Gasteiger charge is -2.13. The van der Waals surface area contributed by atoms with Crippen molar-refractivity contribution in [3.8, 4) is 0 Å². The van der Waals surface area contributed by atoms with Gasteiger partial charge in [-0.25, -0.2) is 4.39 Å². The normalized spacial score (nSPS) is 13.7. The Kier molecular flexibility index (Phi) is 3.74. The number of nitrogens with zero attached hydrogens (tertiary/aromatic N) is 1. The zero-order chi connectivity index (χ0) is 11.4. The second kappa shape index (κ2) is 4.84. The van der Waals surface area contributed by atoms with Crippen molar-refractivity contribution in [2.45, 2.75) is 13.0 Å². The van der Waals surface area contributed by atoms with E-state index in [-0.39, 0.29) is 10.9 Å². The summed E-state index contributed by atoms with van der Waals surface area (Å²) in [6.45, 7) is 1.68. The topological polar surface area (TPSA) is 70.6 Å². The molecular formula is C9H11ClFN3O. The third kappa shape index (κ3) is 2.99. The van der Waals surface area contributed by atoms with Crippen LogP contribution in [0.1, 0.15) is 6.92 Å². The van der Waals surface area contributed by atoms with Crippen molar-refractivity contribution in [1.29, 1.82) is 0 Å². The molecule has 1 unspecified atom stereocenters. The number of halogens is 2. The Bertz CT molecular complexity index is 384. The minimum atomic E-state index is -0.520. The molecule has 4 N–H and O–H groups in total. The lowest BCUT2D eigenvalue weighted by Crippen LogP contribution is -2.32. The molecule has 0 saturated carbocycles. The summed E-state index contributed by atoms with van der Waals surface area (Å²) in [5, 5.41) is 14.1. The maximum atomic E-state index is 13.0. The van der Waals surface area contributed by atoms with Crippen LogP contribution in [0.15, 0.2) is 23.4 Å². The standard InChI is InChI=1S/C9H11ClFN3O/c1-5(9(12)14-15)13-6-2-3-7(10)8(11)4-6/h2-5,13,15H,1H3,(H2,12,14). The van der Waals surface area contributed by atoms with Gasteiger partial charge in [-0.3, -0.25) is 0 Å². The van der Waals surface area contributed by atoms with Crippen LogP contribution < -0.4 is 11.1 Å². The fourth-order valence-electron chi connectivity index (χ4n) is 0.996. The van der Waals surface area contributed by atoms with E-state index in [9.17, 15) is 4.39 Å². The van der Waals surface area contributed by atoms with Crippen molar-refractivity contribution >= 4 is 23.1 Å².